The molecule has 0 saturated carbocycles. The van der Waals surface area contributed by atoms with Crippen molar-refractivity contribution in [2.45, 2.75) is 39.3 Å². The predicted molar refractivity (Wildman–Crippen MR) is 105 cm³/mol. The minimum Gasteiger partial charge on any atom is -0.454 e. The quantitative estimate of drug-likeness (QED) is 0.811. The van der Waals surface area contributed by atoms with Gasteiger partial charge in [0.25, 0.3) is 0 Å². The van der Waals surface area contributed by atoms with Gasteiger partial charge in [-0.3, -0.25) is 9.69 Å². The maximum absolute atomic E-state index is 13.2. The zero-order valence-electron chi connectivity index (χ0n) is 16.0. The fourth-order valence-corrected chi connectivity index (χ4v) is 3.91. The minimum absolute atomic E-state index is 0.164. The topological polar surface area (TPSA) is 42.0 Å². The van der Waals surface area contributed by atoms with Gasteiger partial charge in [0.15, 0.2) is 11.5 Å². The fraction of sp³-hybridized carbons (Fsp3) is 0.409. The molecule has 0 bridgehead atoms. The lowest BCUT2D eigenvalue weighted by Gasteiger charge is -2.36. The molecule has 0 N–H and O–H groups in total. The highest BCUT2D eigenvalue weighted by Gasteiger charge is 2.28. The number of hydrogen-bond acceptors (Lipinski definition) is 4. The Hall–Kier alpha value is -2.53. The van der Waals surface area contributed by atoms with E-state index in [4.69, 9.17) is 9.47 Å². The van der Waals surface area contributed by atoms with E-state index < -0.39 is 0 Å². The number of benzene rings is 2. The first-order chi connectivity index (χ1) is 13.2. The number of likely N-dealkylation sites (N-methyl/N-ethyl adjacent to an activating group) is 1. The van der Waals surface area contributed by atoms with Gasteiger partial charge in [0, 0.05) is 18.3 Å². The lowest BCUT2D eigenvalue weighted by Crippen LogP contribution is -2.47. The normalized spacial score (nSPS) is 17.9. The molecule has 2 aromatic rings. The van der Waals surface area contributed by atoms with Gasteiger partial charge in [0.1, 0.15) is 0 Å². The maximum Gasteiger partial charge on any atom is 0.241 e. The van der Waals surface area contributed by atoms with E-state index in [2.05, 4.69) is 36.9 Å². The number of nitrogens with zero attached hydrogens (tertiary/aromatic N) is 2. The zero-order valence-corrected chi connectivity index (χ0v) is 16.0. The van der Waals surface area contributed by atoms with Crippen LogP contribution in [-0.4, -0.2) is 36.7 Å². The molecule has 2 aliphatic rings. The number of anilines is 1. The van der Waals surface area contributed by atoms with Crippen LogP contribution in [0.5, 0.6) is 11.5 Å². The highest BCUT2D eigenvalue weighted by atomic mass is 16.7. The molecular formula is C22H26N2O3. The Balaban J connectivity index is 1.47. The highest BCUT2D eigenvalue weighted by Crippen LogP contribution is 2.33. The summed E-state index contributed by atoms with van der Waals surface area (Å²) in [6.45, 7) is 6.44. The van der Waals surface area contributed by atoms with Crippen LogP contribution in [0.3, 0.4) is 0 Å². The number of hydrogen-bond donors (Lipinski definition) is 0. The van der Waals surface area contributed by atoms with E-state index in [1.54, 1.807) is 0 Å². The molecule has 4 rings (SSSR count). The molecule has 2 aromatic carbocycles. The molecule has 1 amide bonds. The molecule has 1 atom stereocenters. The summed E-state index contributed by atoms with van der Waals surface area (Å²) in [5, 5.41) is 0. The molecule has 27 heavy (non-hydrogen) atoms. The van der Waals surface area contributed by atoms with Gasteiger partial charge in [-0.05, 0) is 55.6 Å². The number of carbonyl (C=O) groups excluding carboxylic acids is 1. The summed E-state index contributed by atoms with van der Waals surface area (Å²) in [6, 6.07) is 14.5. The van der Waals surface area contributed by atoms with Crippen LogP contribution >= 0.6 is 0 Å². The second-order valence-corrected chi connectivity index (χ2v) is 7.27. The van der Waals surface area contributed by atoms with Crippen LogP contribution in [0.15, 0.2) is 42.5 Å². The van der Waals surface area contributed by atoms with Crippen molar-refractivity contribution in [3.63, 3.8) is 0 Å². The Labute approximate surface area is 160 Å². The maximum atomic E-state index is 13.2. The largest absolute Gasteiger partial charge is 0.454 e. The summed E-state index contributed by atoms with van der Waals surface area (Å²) in [5.74, 6) is 1.74. The predicted octanol–water partition coefficient (Wildman–Crippen LogP) is 3.61. The van der Waals surface area contributed by atoms with Crippen molar-refractivity contribution in [2.75, 3.05) is 24.8 Å². The van der Waals surface area contributed by atoms with Crippen LogP contribution in [0.4, 0.5) is 5.69 Å². The lowest BCUT2D eigenvalue weighted by molar-refractivity contribution is -0.120. The van der Waals surface area contributed by atoms with Gasteiger partial charge >= 0.3 is 0 Å². The van der Waals surface area contributed by atoms with Crippen molar-refractivity contribution < 1.29 is 14.3 Å². The van der Waals surface area contributed by atoms with Crippen LogP contribution in [0, 0.1) is 0 Å². The first-order valence-corrected chi connectivity index (χ1v) is 9.66. The third kappa shape index (κ3) is 3.65. The van der Waals surface area contributed by atoms with Gasteiger partial charge in [-0.1, -0.05) is 31.2 Å². The zero-order chi connectivity index (χ0) is 18.8. The van der Waals surface area contributed by atoms with Gasteiger partial charge in [-0.25, -0.2) is 0 Å². The van der Waals surface area contributed by atoms with E-state index in [9.17, 15) is 4.79 Å². The van der Waals surface area contributed by atoms with Crippen molar-refractivity contribution in [3.8, 4) is 11.5 Å². The smallest absolute Gasteiger partial charge is 0.241 e. The molecule has 0 saturated heterocycles. The second kappa shape index (κ2) is 7.61. The first-order valence-electron chi connectivity index (χ1n) is 9.66. The second-order valence-electron chi connectivity index (χ2n) is 7.27. The summed E-state index contributed by atoms with van der Waals surface area (Å²) >= 11 is 0. The molecule has 142 valence electrons. The van der Waals surface area contributed by atoms with Gasteiger partial charge in [0.2, 0.25) is 12.7 Å². The number of aryl methyl sites for hydroxylation is 1. The summed E-state index contributed by atoms with van der Waals surface area (Å²) in [6.07, 6.45) is 2.05. The highest BCUT2D eigenvalue weighted by molar-refractivity contribution is 5.96. The first kappa shape index (κ1) is 17.9. The standard InChI is InChI=1S/C22H26N2O3/c1-3-23(13-17-9-11-20-21(12-17)27-15-26-20)14-22(25)24-16(2)8-10-18-6-4-5-7-19(18)24/h4-7,9,11-12,16H,3,8,10,13-15H2,1-2H3. The molecule has 0 spiro atoms. The van der Waals surface area contributed by atoms with E-state index in [0.29, 0.717) is 13.1 Å². The Kier molecular flexibility index (Phi) is 5.03. The van der Waals surface area contributed by atoms with Crippen molar-refractivity contribution in [2.24, 2.45) is 0 Å². The van der Waals surface area contributed by atoms with E-state index in [1.165, 1.54) is 5.56 Å². The monoisotopic (exact) mass is 366 g/mol. The van der Waals surface area contributed by atoms with Crippen LogP contribution in [0.1, 0.15) is 31.4 Å². The molecule has 0 radical (unpaired) electrons. The van der Waals surface area contributed by atoms with E-state index in [0.717, 1.165) is 42.1 Å². The van der Waals surface area contributed by atoms with Gasteiger partial charge in [-0.2, -0.15) is 0 Å². The minimum atomic E-state index is 0.164. The van der Waals surface area contributed by atoms with Crippen LogP contribution in [-0.2, 0) is 17.8 Å². The van der Waals surface area contributed by atoms with Crippen LogP contribution < -0.4 is 14.4 Å². The van der Waals surface area contributed by atoms with Crippen molar-refractivity contribution >= 4 is 11.6 Å². The van der Waals surface area contributed by atoms with Crippen LogP contribution in [0.25, 0.3) is 0 Å². The van der Waals surface area contributed by atoms with E-state index in [-0.39, 0.29) is 18.7 Å². The third-order valence-electron chi connectivity index (χ3n) is 5.44. The summed E-state index contributed by atoms with van der Waals surface area (Å²) in [4.78, 5) is 17.3. The molecular weight excluding hydrogens is 340 g/mol. The molecule has 5 heteroatoms. The van der Waals surface area contributed by atoms with E-state index in [1.807, 2.05) is 29.2 Å². The number of amides is 1. The van der Waals surface area contributed by atoms with Gasteiger partial charge in [0.05, 0.1) is 6.54 Å². The Morgan fingerprint density at radius 2 is 2.00 bits per heavy atom. The molecule has 0 aliphatic carbocycles. The van der Waals surface area contributed by atoms with Gasteiger partial charge < -0.3 is 14.4 Å². The molecule has 2 aliphatic heterocycles. The third-order valence-corrected chi connectivity index (χ3v) is 5.44. The number of rotatable bonds is 5. The summed E-state index contributed by atoms with van der Waals surface area (Å²) < 4.78 is 10.8. The molecule has 2 heterocycles. The Bertz CT molecular complexity index is 836. The lowest BCUT2D eigenvalue weighted by atomic mass is 9.96. The van der Waals surface area contributed by atoms with E-state index >= 15 is 0 Å². The fourth-order valence-electron chi connectivity index (χ4n) is 3.91. The number of carbonyl (C=O) groups is 1. The summed E-state index contributed by atoms with van der Waals surface area (Å²) in [5.41, 5.74) is 3.46. The molecule has 1 unspecified atom stereocenters. The molecule has 5 nitrogen and oxygen atoms in total. The average molecular weight is 366 g/mol. The number of para-hydroxylation sites is 1. The Morgan fingerprint density at radius 3 is 2.85 bits per heavy atom. The van der Waals surface area contributed by atoms with Crippen LogP contribution in [0.2, 0.25) is 0 Å². The number of ether oxygens (including phenoxy) is 2. The Morgan fingerprint density at radius 1 is 1.19 bits per heavy atom. The number of fused-ring (bicyclic) bond motifs is 2. The SMILES string of the molecule is CCN(CC(=O)N1c2ccccc2CCC1C)Cc1ccc2c(c1)OCO2. The average Bonchev–Trinajstić information content (AvgIpc) is 3.15. The molecule has 0 fully saturated rings. The van der Waals surface area contributed by atoms with Crippen molar-refractivity contribution in [1.82, 2.24) is 4.90 Å². The van der Waals surface area contributed by atoms with Crippen molar-refractivity contribution in [3.05, 3.63) is 53.6 Å². The summed E-state index contributed by atoms with van der Waals surface area (Å²) in [7, 11) is 0. The molecule has 0 aromatic heterocycles. The van der Waals surface area contributed by atoms with Gasteiger partial charge in [-0.15, -0.1) is 0 Å². The van der Waals surface area contributed by atoms with Crippen molar-refractivity contribution in [1.29, 1.82) is 0 Å².